The molecule has 4 aliphatic heterocycles. The summed E-state index contributed by atoms with van der Waals surface area (Å²) < 4.78 is 0. The van der Waals surface area contributed by atoms with Crippen LogP contribution in [0.2, 0.25) is 0 Å². The quantitative estimate of drug-likeness (QED) is 0.108. The summed E-state index contributed by atoms with van der Waals surface area (Å²) in [5.41, 5.74) is 0. The first-order valence-corrected chi connectivity index (χ1v) is 25.7. The minimum atomic E-state index is -0.273. The number of nitrogens with zero attached hydrogens (tertiary/aromatic N) is 13. The van der Waals surface area contributed by atoms with Gasteiger partial charge in [-0.2, -0.15) is 10.5 Å². The Morgan fingerprint density at radius 1 is 0.708 bits per heavy atom. The van der Waals surface area contributed by atoms with Crippen LogP contribution in [0.1, 0.15) is 62.1 Å². The molecule has 0 spiro atoms. The highest BCUT2D eigenvalue weighted by Crippen LogP contribution is 2.33. The van der Waals surface area contributed by atoms with Crippen molar-refractivity contribution in [3.8, 4) is 12.1 Å². The predicted molar refractivity (Wildman–Crippen MR) is 262 cm³/mol. The van der Waals surface area contributed by atoms with Gasteiger partial charge in [0.2, 0.25) is 11.1 Å². The number of rotatable bonds is 12. The Morgan fingerprint density at radius 3 is 1.52 bits per heavy atom. The number of thioether (sulfide) groups is 2. The van der Waals surface area contributed by atoms with E-state index in [4.69, 9.17) is 42.1 Å². The van der Waals surface area contributed by atoms with Gasteiger partial charge in [-0.1, -0.05) is 60.0 Å². The first-order chi connectivity index (χ1) is 31.5. The van der Waals surface area contributed by atoms with E-state index in [-0.39, 0.29) is 11.1 Å². The van der Waals surface area contributed by atoms with Crippen LogP contribution in [0.15, 0.2) is 34.8 Å². The average molecular weight is 982 g/mol. The van der Waals surface area contributed by atoms with E-state index in [0.29, 0.717) is 49.2 Å². The zero-order chi connectivity index (χ0) is 46.1. The highest BCUT2D eigenvalue weighted by molar-refractivity contribution is 8.00. The third-order valence-electron chi connectivity index (χ3n) is 10.9. The van der Waals surface area contributed by atoms with Crippen LogP contribution in [-0.4, -0.2) is 159 Å². The summed E-state index contributed by atoms with van der Waals surface area (Å²) in [6.07, 6.45) is 8.30. The van der Waals surface area contributed by atoms with E-state index in [2.05, 4.69) is 71.8 Å². The molecule has 23 heteroatoms. The molecule has 8 rings (SSSR count). The fourth-order valence-corrected chi connectivity index (χ4v) is 10.4. The van der Waals surface area contributed by atoms with Crippen LogP contribution in [0.25, 0.3) is 0 Å². The van der Waals surface area contributed by atoms with Gasteiger partial charge in [-0.15, -0.1) is 0 Å². The molecule has 65 heavy (non-hydrogen) atoms. The van der Waals surface area contributed by atoms with Gasteiger partial charge in [-0.3, -0.25) is 9.59 Å². The fourth-order valence-electron chi connectivity index (χ4n) is 7.10. The highest BCUT2D eigenvalue weighted by Gasteiger charge is 2.25. The van der Waals surface area contributed by atoms with Crippen molar-refractivity contribution >= 4 is 102 Å². The van der Waals surface area contributed by atoms with Crippen LogP contribution < -0.4 is 25.8 Å². The summed E-state index contributed by atoms with van der Waals surface area (Å²) in [6, 6.07) is 8.20. The van der Waals surface area contributed by atoms with Crippen LogP contribution >= 0.6 is 57.8 Å². The number of halogens is 1. The number of nitrogens with one attached hydrogen (secondary N) is 3. The largest absolute Gasteiger partial charge is 0.354 e. The second kappa shape index (κ2) is 25.5. The minimum Gasteiger partial charge on any atom is -0.354 e. The first-order valence-electron chi connectivity index (χ1n) is 21.9. The van der Waals surface area contributed by atoms with Crippen molar-refractivity contribution in [3.63, 3.8) is 0 Å². The van der Waals surface area contributed by atoms with Crippen molar-refractivity contribution in [2.75, 3.05) is 113 Å². The number of hydrogen-bond acceptors (Lipinski definition) is 21. The van der Waals surface area contributed by atoms with Crippen LogP contribution in [0.4, 0.5) is 33.5 Å². The standard InChI is InChI=1S/C21H28N8OS2.C18H24N8S2.C3H5ClO/c1-3-19(30)29-6-4-15(5-7-29)31-21-25-17(24-20-23-14-16(13-22)32-20)12-18(26-21)28-10-8-27(2)9-11-28;1-25-6-8-26(9-7-25)16-10-15(22-17-21-12-14(11-19)28-17)23-18(24-16)27-13-2-4-20-5-3-13;1-2-3(4)5/h12,14-15H,3-11H2,1-2H3,(H,23,24,25,26);10,12-13,20H,2-9H2,1H3,(H,21,22,23,24);2H2,1H3. The van der Waals surface area contributed by atoms with Crippen molar-refractivity contribution in [1.29, 1.82) is 10.5 Å². The molecule has 0 atom stereocenters. The lowest BCUT2D eigenvalue weighted by Gasteiger charge is -2.34. The number of piperidine rings is 2. The highest BCUT2D eigenvalue weighted by atomic mass is 35.5. The number of likely N-dealkylation sites (tertiary alicyclic amines) is 1. The summed E-state index contributed by atoms with van der Waals surface area (Å²) in [4.78, 5) is 61.7. The molecule has 4 saturated heterocycles. The van der Waals surface area contributed by atoms with Gasteiger partial charge < -0.3 is 40.4 Å². The van der Waals surface area contributed by atoms with Gasteiger partial charge >= 0.3 is 0 Å². The van der Waals surface area contributed by atoms with Crippen LogP contribution in [0.5, 0.6) is 0 Å². The number of aromatic nitrogens is 6. The van der Waals surface area contributed by atoms with Crippen molar-refractivity contribution in [2.45, 2.75) is 73.2 Å². The Labute approximate surface area is 403 Å². The van der Waals surface area contributed by atoms with E-state index in [1.807, 2.05) is 24.0 Å². The Morgan fingerprint density at radius 2 is 1.14 bits per heavy atom. The maximum absolute atomic E-state index is 12.0. The molecule has 0 bridgehead atoms. The third-order valence-corrected chi connectivity index (χ3v) is 15.2. The van der Waals surface area contributed by atoms with Gasteiger partial charge in [0.15, 0.2) is 20.6 Å². The summed E-state index contributed by atoms with van der Waals surface area (Å²) in [7, 11) is 4.29. The lowest BCUT2D eigenvalue weighted by atomic mass is 10.1. The lowest BCUT2D eigenvalue weighted by Crippen LogP contribution is -2.44. The van der Waals surface area contributed by atoms with Crippen LogP contribution in [0.3, 0.4) is 0 Å². The number of amides is 1. The molecule has 0 unspecified atom stereocenters. The molecular formula is C42H57ClN16O2S4. The Bertz CT molecular complexity index is 2240. The molecule has 0 aromatic carbocycles. The molecule has 4 fully saturated rings. The monoisotopic (exact) mass is 980 g/mol. The van der Waals surface area contributed by atoms with Crippen LogP contribution in [0, 0.1) is 22.7 Å². The Hall–Kier alpha value is -4.39. The zero-order valence-electron chi connectivity index (χ0n) is 37.3. The molecule has 8 heterocycles. The van der Waals surface area contributed by atoms with Gasteiger partial charge in [0.25, 0.3) is 0 Å². The fraction of sp³-hybridized carbons (Fsp3) is 0.571. The molecule has 4 aromatic rings. The predicted octanol–water partition coefficient (Wildman–Crippen LogP) is 6.10. The molecular weight excluding hydrogens is 924 g/mol. The normalized spacial score (nSPS) is 17.5. The number of piperazine rings is 2. The van der Waals surface area contributed by atoms with E-state index in [9.17, 15) is 9.59 Å². The maximum Gasteiger partial charge on any atom is 0.222 e. The number of carbonyl (C=O) groups is 2. The van der Waals surface area contributed by atoms with E-state index >= 15 is 0 Å². The maximum atomic E-state index is 12.0. The lowest BCUT2D eigenvalue weighted by molar-refractivity contribution is -0.131. The van der Waals surface area contributed by atoms with Gasteiger partial charge in [0, 0.05) is 101 Å². The number of carbonyl (C=O) groups excluding carboxylic acids is 2. The van der Waals surface area contributed by atoms with Gasteiger partial charge in [0.05, 0.1) is 12.4 Å². The number of anilines is 6. The van der Waals surface area contributed by atoms with Gasteiger partial charge in [-0.25, -0.2) is 29.9 Å². The molecule has 18 nitrogen and oxygen atoms in total. The molecule has 348 valence electrons. The van der Waals surface area contributed by atoms with E-state index in [0.717, 1.165) is 132 Å². The number of hydrogen-bond donors (Lipinski definition) is 3. The summed E-state index contributed by atoms with van der Waals surface area (Å²) >= 11 is 10.9. The average Bonchev–Trinajstić information content (AvgIpc) is 3.99. The van der Waals surface area contributed by atoms with E-state index < -0.39 is 0 Å². The molecule has 0 radical (unpaired) electrons. The summed E-state index contributed by atoms with van der Waals surface area (Å²) in [5, 5.41) is 31.6. The molecule has 1 amide bonds. The van der Waals surface area contributed by atoms with Crippen molar-refractivity contribution in [1.82, 2.24) is 49.9 Å². The molecule has 4 aliphatic rings. The molecule has 3 N–H and O–H groups in total. The number of likely N-dealkylation sites (N-methyl/N-ethyl adjacent to an activating group) is 2. The third kappa shape index (κ3) is 15.9. The smallest absolute Gasteiger partial charge is 0.222 e. The second-order valence-electron chi connectivity index (χ2n) is 15.7. The minimum absolute atomic E-state index is 0.230. The SMILES string of the molecule is CCC(=O)Cl.CCC(=O)N1CCC(Sc2nc(Nc3ncc(C#N)s3)cc(N3CCN(C)CC3)n2)CC1.CN1CCN(c2cc(Nc3ncc(C#N)s3)nc(SC3CCNCC3)n2)CC1. The molecule has 0 saturated carbocycles. The number of nitriles is 2. The zero-order valence-corrected chi connectivity index (χ0v) is 41.4. The summed E-state index contributed by atoms with van der Waals surface area (Å²) in [5.74, 6) is 3.52. The van der Waals surface area contributed by atoms with E-state index in [1.54, 1.807) is 42.8 Å². The van der Waals surface area contributed by atoms with Crippen molar-refractivity contribution < 1.29 is 9.59 Å². The Balaban J connectivity index is 0.000000197. The Kier molecular flexibility index (Phi) is 19.6. The summed E-state index contributed by atoms with van der Waals surface area (Å²) in [6.45, 7) is 15.1. The second-order valence-corrected chi connectivity index (χ2v) is 20.7. The molecule has 4 aromatic heterocycles. The first kappa shape index (κ1) is 50.0. The van der Waals surface area contributed by atoms with Crippen molar-refractivity contribution in [2.24, 2.45) is 0 Å². The molecule has 0 aliphatic carbocycles. The van der Waals surface area contributed by atoms with Gasteiger partial charge in [-0.05, 0) is 64.5 Å². The number of thiazole rings is 2. The topological polar surface area (TPSA) is 211 Å². The van der Waals surface area contributed by atoms with Crippen LogP contribution in [-0.2, 0) is 9.59 Å². The van der Waals surface area contributed by atoms with Crippen molar-refractivity contribution in [3.05, 3.63) is 34.3 Å². The van der Waals surface area contributed by atoms with E-state index in [1.165, 1.54) is 22.7 Å². The van der Waals surface area contributed by atoms with Gasteiger partial charge in [0.1, 0.15) is 45.2 Å².